The van der Waals surface area contributed by atoms with Crippen LogP contribution in [0.25, 0.3) is 0 Å². The van der Waals surface area contributed by atoms with Crippen molar-refractivity contribution in [1.29, 1.82) is 10.5 Å². The predicted molar refractivity (Wildman–Crippen MR) is 89.2 cm³/mol. The summed E-state index contributed by atoms with van der Waals surface area (Å²) < 4.78 is 0. The van der Waals surface area contributed by atoms with Gasteiger partial charge in [0.2, 0.25) is 0 Å². The SMILES string of the molecule is N#CCC(c1ccc(Cl)cc1)C(C#N)c1ccc(Cl)cc1Cl. The van der Waals surface area contributed by atoms with Crippen LogP contribution >= 0.6 is 34.8 Å². The van der Waals surface area contributed by atoms with Gasteiger partial charge in [0, 0.05) is 27.4 Å². The van der Waals surface area contributed by atoms with Crippen LogP contribution in [-0.4, -0.2) is 0 Å². The van der Waals surface area contributed by atoms with E-state index in [4.69, 9.17) is 40.1 Å². The van der Waals surface area contributed by atoms with Crippen LogP contribution in [0, 0.1) is 22.7 Å². The fraction of sp³-hybridized carbons (Fsp3) is 0.176. The Labute approximate surface area is 144 Å². The van der Waals surface area contributed by atoms with Crippen LogP contribution < -0.4 is 0 Å². The number of nitrogens with zero attached hydrogens (tertiary/aromatic N) is 2. The number of rotatable bonds is 4. The molecule has 0 radical (unpaired) electrons. The van der Waals surface area contributed by atoms with Crippen molar-refractivity contribution in [2.45, 2.75) is 18.3 Å². The van der Waals surface area contributed by atoms with Crippen LogP contribution in [0.4, 0.5) is 0 Å². The average Bonchev–Trinajstić information content (AvgIpc) is 2.50. The Kier molecular flexibility index (Phi) is 5.69. The minimum atomic E-state index is -0.536. The first-order valence-corrected chi connectivity index (χ1v) is 7.67. The Morgan fingerprint density at radius 2 is 1.55 bits per heavy atom. The molecule has 0 saturated heterocycles. The second-order valence-corrected chi connectivity index (χ2v) is 6.07. The Morgan fingerprint density at radius 3 is 2.09 bits per heavy atom. The van der Waals surface area contributed by atoms with Gasteiger partial charge in [-0.05, 0) is 35.4 Å². The third-order valence-electron chi connectivity index (χ3n) is 3.45. The minimum absolute atomic E-state index is 0.207. The predicted octanol–water partition coefficient (Wildman–Crippen LogP) is 5.95. The van der Waals surface area contributed by atoms with E-state index < -0.39 is 5.92 Å². The number of nitriles is 2. The maximum atomic E-state index is 9.61. The standard InChI is InChI=1S/C17H11Cl3N2/c18-12-3-1-11(2-4-12)14(7-8-21)16(10-22)15-6-5-13(19)9-17(15)20/h1-6,9,14,16H,7H2. The topological polar surface area (TPSA) is 47.6 Å². The van der Waals surface area contributed by atoms with Crippen LogP contribution in [0.2, 0.25) is 15.1 Å². The van der Waals surface area contributed by atoms with Gasteiger partial charge in [-0.1, -0.05) is 53.0 Å². The van der Waals surface area contributed by atoms with E-state index in [9.17, 15) is 5.26 Å². The van der Waals surface area contributed by atoms with Crippen LogP contribution in [0.1, 0.15) is 29.4 Å². The van der Waals surface area contributed by atoms with Crippen molar-refractivity contribution in [3.05, 3.63) is 68.7 Å². The normalized spacial score (nSPS) is 13.0. The van der Waals surface area contributed by atoms with E-state index in [1.807, 2.05) is 12.1 Å². The highest BCUT2D eigenvalue weighted by atomic mass is 35.5. The smallest absolute Gasteiger partial charge is 0.0805 e. The molecule has 0 aliphatic carbocycles. The highest BCUT2D eigenvalue weighted by Gasteiger charge is 2.26. The molecule has 0 spiro atoms. The molecule has 0 aliphatic heterocycles. The molecule has 0 aromatic heterocycles. The van der Waals surface area contributed by atoms with Gasteiger partial charge in [0.15, 0.2) is 0 Å². The first-order chi connectivity index (χ1) is 10.6. The maximum absolute atomic E-state index is 9.61. The van der Waals surface area contributed by atoms with E-state index in [0.29, 0.717) is 20.6 Å². The summed E-state index contributed by atoms with van der Waals surface area (Å²) in [7, 11) is 0. The molecule has 2 atom stereocenters. The van der Waals surface area contributed by atoms with Gasteiger partial charge in [-0.2, -0.15) is 10.5 Å². The zero-order chi connectivity index (χ0) is 16.1. The number of hydrogen-bond acceptors (Lipinski definition) is 2. The lowest BCUT2D eigenvalue weighted by Crippen LogP contribution is -2.10. The van der Waals surface area contributed by atoms with Crippen molar-refractivity contribution in [3.8, 4) is 12.1 Å². The summed E-state index contributed by atoms with van der Waals surface area (Å²) in [4.78, 5) is 0. The second-order valence-electron chi connectivity index (χ2n) is 4.79. The van der Waals surface area contributed by atoms with E-state index in [-0.39, 0.29) is 12.3 Å². The molecule has 2 aromatic rings. The molecule has 0 aliphatic rings. The van der Waals surface area contributed by atoms with Gasteiger partial charge >= 0.3 is 0 Å². The fourth-order valence-corrected chi connectivity index (χ4v) is 3.02. The lowest BCUT2D eigenvalue weighted by molar-refractivity contribution is 0.641. The molecule has 0 bridgehead atoms. The summed E-state index contributed by atoms with van der Waals surface area (Å²) in [5, 5.41) is 20.3. The van der Waals surface area contributed by atoms with Crippen LogP contribution in [-0.2, 0) is 0 Å². The molecular weight excluding hydrogens is 339 g/mol. The molecule has 5 heteroatoms. The molecule has 0 amide bonds. The molecule has 0 saturated carbocycles. The highest BCUT2D eigenvalue weighted by molar-refractivity contribution is 6.35. The maximum Gasteiger partial charge on any atom is 0.0805 e. The van der Waals surface area contributed by atoms with Gasteiger partial charge in [0.05, 0.1) is 18.1 Å². The van der Waals surface area contributed by atoms with Gasteiger partial charge in [-0.3, -0.25) is 0 Å². The van der Waals surface area contributed by atoms with Crippen molar-refractivity contribution in [2.24, 2.45) is 0 Å². The average molecular weight is 350 g/mol. The van der Waals surface area contributed by atoms with Gasteiger partial charge in [0.1, 0.15) is 0 Å². The Hall–Kier alpha value is -1.71. The third-order valence-corrected chi connectivity index (χ3v) is 4.26. The van der Waals surface area contributed by atoms with Gasteiger partial charge in [0.25, 0.3) is 0 Å². The summed E-state index contributed by atoms with van der Waals surface area (Å²) in [6.45, 7) is 0. The molecular formula is C17H11Cl3N2. The monoisotopic (exact) mass is 348 g/mol. The number of halogens is 3. The molecule has 2 nitrogen and oxygen atoms in total. The van der Waals surface area contributed by atoms with Crippen LogP contribution in [0.3, 0.4) is 0 Å². The van der Waals surface area contributed by atoms with Crippen molar-refractivity contribution >= 4 is 34.8 Å². The van der Waals surface area contributed by atoms with Crippen molar-refractivity contribution in [2.75, 3.05) is 0 Å². The van der Waals surface area contributed by atoms with Crippen molar-refractivity contribution < 1.29 is 0 Å². The van der Waals surface area contributed by atoms with E-state index in [1.165, 1.54) is 0 Å². The van der Waals surface area contributed by atoms with Crippen LogP contribution in [0.5, 0.6) is 0 Å². The molecule has 2 rings (SSSR count). The molecule has 0 N–H and O–H groups in total. The quantitative estimate of drug-likeness (QED) is 0.684. The molecule has 22 heavy (non-hydrogen) atoms. The summed E-state index contributed by atoms with van der Waals surface area (Å²) in [6, 6.07) is 16.6. The third kappa shape index (κ3) is 3.73. The highest BCUT2D eigenvalue weighted by Crippen LogP contribution is 2.39. The van der Waals surface area contributed by atoms with Gasteiger partial charge in [-0.25, -0.2) is 0 Å². The minimum Gasteiger partial charge on any atom is -0.198 e. The molecule has 110 valence electrons. The van der Waals surface area contributed by atoms with Crippen molar-refractivity contribution in [3.63, 3.8) is 0 Å². The van der Waals surface area contributed by atoms with Gasteiger partial charge < -0.3 is 0 Å². The Bertz CT molecular complexity index is 742. The lowest BCUT2D eigenvalue weighted by Gasteiger charge is -2.21. The molecule has 0 fully saturated rings. The largest absolute Gasteiger partial charge is 0.198 e. The summed E-state index contributed by atoms with van der Waals surface area (Å²) in [5.41, 5.74) is 1.55. The molecule has 2 unspecified atom stereocenters. The van der Waals surface area contributed by atoms with E-state index >= 15 is 0 Å². The Balaban J connectivity index is 2.47. The summed E-state index contributed by atoms with van der Waals surface area (Å²) in [5.74, 6) is -0.823. The van der Waals surface area contributed by atoms with E-state index in [2.05, 4.69) is 12.1 Å². The molecule has 2 aromatic carbocycles. The fourth-order valence-electron chi connectivity index (χ4n) is 2.37. The number of hydrogen-bond donors (Lipinski definition) is 0. The first-order valence-electron chi connectivity index (χ1n) is 6.53. The van der Waals surface area contributed by atoms with E-state index in [0.717, 1.165) is 5.56 Å². The zero-order valence-electron chi connectivity index (χ0n) is 11.4. The summed E-state index contributed by atoms with van der Waals surface area (Å²) in [6.07, 6.45) is 0.207. The zero-order valence-corrected chi connectivity index (χ0v) is 13.7. The first kappa shape index (κ1) is 16.7. The van der Waals surface area contributed by atoms with Gasteiger partial charge in [-0.15, -0.1) is 0 Å². The van der Waals surface area contributed by atoms with E-state index in [1.54, 1.807) is 30.3 Å². The number of benzene rings is 2. The summed E-state index contributed by atoms with van der Waals surface area (Å²) >= 11 is 18.0. The van der Waals surface area contributed by atoms with Crippen LogP contribution in [0.15, 0.2) is 42.5 Å². The van der Waals surface area contributed by atoms with Crippen molar-refractivity contribution in [1.82, 2.24) is 0 Å². The Morgan fingerprint density at radius 1 is 0.909 bits per heavy atom. The lowest BCUT2D eigenvalue weighted by atomic mass is 9.80. The second kappa shape index (κ2) is 7.52. The molecule has 0 heterocycles.